The fourth-order valence-corrected chi connectivity index (χ4v) is 1.80. The second-order valence-corrected chi connectivity index (χ2v) is 4.03. The van der Waals surface area contributed by atoms with E-state index in [1.165, 1.54) is 6.07 Å². The molecule has 0 saturated carbocycles. The Morgan fingerprint density at radius 3 is 2.85 bits per heavy atom. The lowest BCUT2D eigenvalue weighted by atomic mass is 10.3. The second-order valence-electron chi connectivity index (χ2n) is 4.03. The van der Waals surface area contributed by atoms with Crippen LogP contribution in [0.4, 0.5) is 26.1 Å². The number of nitrogen functional groups attached to an aromatic ring is 1. The van der Waals surface area contributed by atoms with Gasteiger partial charge in [-0.15, -0.1) is 0 Å². The highest BCUT2D eigenvalue weighted by Gasteiger charge is 2.10. The lowest BCUT2D eigenvalue weighted by Crippen LogP contribution is -2.11. The van der Waals surface area contributed by atoms with Crippen molar-refractivity contribution in [1.29, 1.82) is 0 Å². The molecule has 20 heavy (non-hydrogen) atoms. The summed E-state index contributed by atoms with van der Waals surface area (Å²) in [4.78, 5) is 8.27. The van der Waals surface area contributed by atoms with E-state index in [-0.39, 0.29) is 5.69 Å². The van der Waals surface area contributed by atoms with E-state index in [1.807, 2.05) is 0 Å². The summed E-state index contributed by atoms with van der Waals surface area (Å²) in [5, 5.41) is 2.77. The first-order chi connectivity index (χ1) is 9.67. The van der Waals surface area contributed by atoms with Gasteiger partial charge in [-0.05, 0) is 12.1 Å². The van der Waals surface area contributed by atoms with Gasteiger partial charge in [0.1, 0.15) is 11.6 Å². The van der Waals surface area contributed by atoms with Crippen LogP contribution in [-0.4, -0.2) is 14.4 Å². The third-order valence-corrected chi connectivity index (χ3v) is 2.71. The maximum atomic E-state index is 13.6. The van der Waals surface area contributed by atoms with E-state index in [1.54, 1.807) is 23.0 Å². The van der Waals surface area contributed by atoms with E-state index >= 15 is 0 Å². The Hall–Kier alpha value is -2.74. The first-order valence-corrected chi connectivity index (χ1v) is 5.70. The van der Waals surface area contributed by atoms with Crippen molar-refractivity contribution in [3.63, 3.8) is 0 Å². The van der Waals surface area contributed by atoms with E-state index in [9.17, 15) is 8.78 Å². The van der Waals surface area contributed by atoms with Crippen LogP contribution < -0.4 is 16.6 Å². The van der Waals surface area contributed by atoms with Gasteiger partial charge in [0.25, 0.3) is 0 Å². The molecule has 0 amide bonds. The molecule has 0 aliphatic rings. The van der Waals surface area contributed by atoms with Gasteiger partial charge in [0, 0.05) is 18.5 Å². The molecule has 4 N–H and O–H groups in total. The van der Waals surface area contributed by atoms with Crippen molar-refractivity contribution in [2.24, 2.45) is 5.84 Å². The maximum Gasteiger partial charge on any atom is 0.180 e. The van der Waals surface area contributed by atoms with Crippen LogP contribution in [0.2, 0.25) is 0 Å². The molecule has 0 fully saturated rings. The predicted octanol–water partition coefficient (Wildman–Crippen LogP) is 2.04. The fraction of sp³-hybridized carbons (Fsp3) is 0. The van der Waals surface area contributed by atoms with Gasteiger partial charge in [-0.25, -0.2) is 24.6 Å². The van der Waals surface area contributed by atoms with Crippen LogP contribution in [0.25, 0.3) is 5.65 Å². The topological polar surface area (TPSA) is 80.3 Å². The van der Waals surface area contributed by atoms with Crippen LogP contribution >= 0.6 is 0 Å². The number of anilines is 3. The first-order valence-electron chi connectivity index (χ1n) is 5.70. The summed E-state index contributed by atoms with van der Waals surface area (Å²) >= 11 is 0. The van der Waals surface area contributed by atoms with E-state index in [0.717, 1.165) is 12.1 Å². The van der Waals surface area contributed by atoms with Gasteiger partial charge in [-0.1, -0.05) is 0 Å². The van der Waals surface area contributed by atoms with E-state index < -0.39 is 11.6 Å². The Kier molecular flexibility index (Phi) is 2.92. The SMILES string of the molecule is NNc1cn2ccnc2c(Nc2ccc(F)cc2F)n1. The van der Waals surface area contributed by atoms with Crippen LogP contribution in [0.3, 0.4) is 0 Å². The molecular formula is C12H10F2N6. The number of aromatic nitrogens is 3. The predicted molar refractivity (Wildman–Crippen MR) is 70.4 cm³/mol. The number of halogens is 2. The molecule has 0 unspecified atom stereocenters. The molecule has 3 aromatic rings. The Balaban J connectivity index is 2.07. The summed E-state index contributed by atoms with van der Waals surface area (Å²) in [5.74, 6) is 4.63. The van der Waals surface area contributed by atoms with Crippen molar-refractivity contribution in [3.05, 3.63) is 48.4 Å². The minimum absolute atomic E-state index is 0.0953. The molecule has 6 nitrogen and oxygen atoms in total. The average Bonchev–Trinajstić information content (AvgIpc) is 2.90. The number of nitrogens with zero attached hydrogens (tertiary/aromatic N) is 3. The number of nitrogens with one attached hydrogen (secondary N) is 2. The van der Waals surface area contributed by atoms with Gasteiger partial charge in [0.15, 0.2) is 17.3 Å². The minimum Gasteiger partial charge on any atom is -0.335 e. The van der Waals surface area contributed by atoms with Crippen molar-refractivity contribution >= 4 is 23.0 Å². The molecule has 102 valence electrons. The van der Waals surface area contributed by atoms with Crippen LogP contribution in [0, 0.1) is 11.6 Å². The quantitative estimate of drug-likeness (QED) is 0.504. The largest absolute Gasteiger partial charge is 0.335 e. The number of hydrogen-bond donors (Lipinski definition) is 3. The zero-order valence-corrected chi connectivity index (χ0v) is 10.1. The lowest BCUT2D eigenvalue weighted by molar-refractivity contribution is 0.586. The molecule has 0 radical (unpaired) electrons. The van der Waals surface area contributed by atoms with Crippen molar-refractivity contribution in [1.82, 2.24) is 14.4 Å². The monoisotopic (exact) mass is 276 g/mol. The van der Waals surface area contributed by atoms with Crippen LogP contribution in [-0.2, 0) is 0 Å². The smallest absolute Gasteiger partial charge is 0.180 e. The van der Waals surface area contributed by atoms with Gasteiger partial charge in [0.2, 0.25) is 0 Å². The molecular weight excluding hydrogens is 266 g/mol. The number of nitrogens with two attached hydrogens (primary N) is 1. The third kappa shape index (κ3) is 2.12. The van der Waals surface area contributed by atoms with Gasteiger partial charge in [0.05, 0.1) is 11.9 Å². The summed E-state index contributed by atoms with van der Waals surface area (Å²) < 4.78 is 28.2. The highest BCUT2D eigenvalue weighted by Crippen LogP contribution is 2.23. The molecule has 1 aromatic carbocycles. The number of fused-ring (bicyclic) bond motifs is 1. The van der Waals surface area contributed by atoms with Gasteiger partial charge in [-0.2, -0.15) is 0 Å². The summed E-state index contributed by atoms with van der Waals surface area (Å²) in [6, 6.07) is 3.23. The second kappa shape index (κ2) is 4.74. The average molecular weight is 276 g/mol. The molecule has 8 heteroatoms. The van der Waals surface area contributed by atoms with Crippen molar-refractivity contribution in [3.8, 4) is 0 Å². The highest BCUT2D eigenvalue weighted by molar-refractivity contribution is 5.71. The lowest BCUT2D eigenvalue weighted by Gasteiger charge is -2.10. The number of hydrogen-bond acceptors (Lipinski definition) is 5. The molecule has 2 aromatic heterocycles. The van der Waals surface area contributed by atoms with Crippen molar-refractivity contribution in [2.75, 3.05) is 10.7 Å². The standard InChI is InChI=1S/C12H10F2N6/c13-7-1-2-9(8(14)5-7)17-11-12-16-3-4-20(12)6-10(18-11)19-15/h1-6,19H,15H2,(H,17,18). The maximum absolute atomic E-state index is 13.6. The zero-order chi connectivity index (χ0) is 14.1. The number of benzene rings is 1. The molecule has 0 atom stereocenters. The highest BCUT2D eigenvalue weighted by atomic mass is 19.1. The zero-order valence-electron chi connectivity index (χ0n) is 10.1. The van der Waals surface area contributed by atoms with Crippen LogP contribution in [0.1, 0.15) is 0 Å². The van der Waals surface area contributed by atoms with Gasteiger partial charge in [-0.3, -0.25) is 0 Å². The number of rotatable bonds is 3. The Morgan fingerprint density at radius 2 is 2.10 bits per heavy atom. The molecule has 0 bridgehead atoms. The Morgan fingerprint density at radius 1 is 1.25 bits per heavy atom. The van der Waals surface area contributed by atoms with Gasteiger partial charge < -0.3 is 15.1 Å². The summed E-state index contributed by atoms with van der Waals surface area (Å²) in [5.41, 5.74) is 2.99. The van der Waals surface area contributed by atoms with Crippen LogP contribution in [0.15, 0.2) is 36.8 Å². The van der Waals surface area contributed by atoms with Crippen molar-refractivity contribution in [2.45, 2.75) is 0 Å². The third-order valence-electron chi connectivity index (χ3n) is 2.71. The molecule has 0 spiro atoms. The molecule has 0 aliphatic heterocycles. The molecule has 2 heterocycles. The Bertz CT molecular complexity index is 770. The Labute approximate surface area is 112 Å². The summed E-state index contributed by atoms with van der Waals surface area (Å²) in [7, 11) is 0. The van der Waals surface area contributed by atoms with Crippen LogP contribution in [0.5, 0.6) is 0 Å². The normalized spacial score (nSPS) is 10.8. The van der Waals surface area contributed by atoms with E-state index in [4.69, 9.17) is 5.84 Å². The van der Waals surface area contributed by atoms with Crippen molar-refractivity contribution < 1.29 is 8.78 Å². The summed E-state index contributed by atoms with van der Waals surface area (Å²) in [6.45, 7) is 0. The van der Waals surface area contributed by atoms with Gasteiger partial charge >= 0.3 is 0 Å². The first kappa shape index (κ1) is 12.3. The molecule has 0 aliphatic carbocycles. The van der Waals surface area contributed by atoms with E-state index in [0.29, 0.717) is 17.3 Å². The number of hydrazine groups is 1. The number of imidazole rings is 1. The molecule has 3 rings (SSSR count). The molecule has 0 saturated heterocycles. The van der Waals surface area contributed by atoms with E-state index in [2.05, 4.69) is 20.7 Å². The minimum atomic E-state index is -0.720. The summed E-state index contributed by atoms with van der Waals surface area (Å²) in [6.07, 6.45) is 4.90. The fourth-order valence-electron chi connectivity index (χ4n) is 1.80.